The van der Waals surface area contributed by atoms with E-state index in [1.807, 2.05) is 9.80 Å². The van der Waals surface area contributed by atoms with E-state index in [4.69, 9.17) is 9.47 Å². The Balaban J connectivity index is 1.48. The second kappa shape index (κ2) is 11.6. The van der Waals surface area contributed by atoms with Gasteiger partial charge in [-0.15, -0.1) is 0 Å². The van der Waals surface area contributed by atoms with Crippen molar-refractivity contribution in [3.63, 3.8) is 0 Å². The highest BCUT2D eigenvalue weighted by atomic mass is 16.5. The van der Waals surface area contributed by atoms with Crippen molar-refractivity contribution in [1.29, 1.82) is 0 Å². The van der Waals surface area contributed by atoms with E-state index in [0.29, 0.717) is 63.6 Å². The lowest BCUT2D eigenvalue weighted by Gasteiger charge is -2.36. The lowest BCUT2D eigenvalue weighted by molar-refractivity contribution is -0.143. The number of ether oxygens (including phenoxy) is 2. The van der Waals surface area contributed by atoms with E-state index in [1.54, 1.807) is 25.3 Å². The molecule has 0 spiro atoms. The number of amides is 2. The van der Waals surface area contributed by atoms with Gasteiger partial charge in [-0.2, -0.15) is 0 Å². The van der Waals surface area contributed by atoms with Gasteiger partial charge in [-0.3, -0.25) is 14.4 Å². The lowest BCUT2D eigenvalue weighted by Crippen LogP contribution is -2.49. The molecule has 2 saturated heterocycles. The first-order valence-electron chi connectivity index (χ1n) is 11.1. The monoisotopic (exact) mass is 432 g/mol. The molecule has 1 aromatic heterocycles. The zero-order valence-electron chi connectivity index (χ0n) is 18.2. The minimum atomic E-state index is -0.263. The summed E-state index contributed by atoms with van der Waals surface area (Å²) in [6.07, 6.45) is 4.85. The fourth-order valence-electron chi connectivity index (χ4n) is 3.88. The average Bonchev–Trinajstić information content (AvgIpc) is 3.31. The van der Waals surface area contributed by atoms with E-state index < -0.39 is 0 Å². The summed E-state index contributed by atoms with van der Waals surface area (Å²) in [6, 6.07) is 3.54. The van der Waals surface area contributed by atoms with Crippen LogP contribution in [0.15, 0.2) is 18.3 Å². The van der Waals surface area contributed by atoms with Crippen molar-refractivity contribution in [1.82, 2.24) is 15.2 Å². The van der Waals surface area contributed by atoms with Crippen LogP contribution < -0.4 is 10.2 Å². The number of carbonyl (C=O) groups is 3. The summed E-state index contributed by atoms with van der Waals surface area (Å²) in [6.45, 7) is 5.71. The summed E-state index contributed by atoms with van der Waals surface area (Å²) in [5.41, 5.74) is 0.537. The first-order valence-corrected chi connectivity index (χ1v) is 11.1. The number of nitrogens with one attached hydrogen (secondary N) is 1. The van der Waals surface area contributed by atoms with Crippen molar-refractivity contribution >= 4 is 23.6 Å². The van der Waals surface area contributed by atoms with Crippen LogP contribution in [0.4, 0.5) is 5.82 Å². The van der Waals surface area contributed by atoms with Crippen LogP contribution >= 0.6 is 0 Å². The molecule has 2 amide bonds. The third kappa shape index (κ3) is 6.65. The molecule has 1 unspecified atom stereocenters. The van der Waals surface area contributed by atoms with Gasteiger partial charge < -0.3 is 24.6 Å². The molecule has 9 nitrogen and oxygen atoms in total. The molecule has 0 saturated carbocycles. The predicted molar refractivity (Wildman–Crippen MR) is 115 cm³/mol. The molecule has 3 heterocycles. The van der Waals surface area contributed by atoms with E-state index in [-0.39, 0.29) is 30.3 Å². The van der Waals surface area contributed by atoms with Gasteiger partial charge in [0.05, 0.1) is 18.3 Å². The maximum absolute atomic E-state index is 12.7. The Kier molecular flexibility index (Phi) is 8.63. The van der Waals surface area contributed by atoms with Gasteiger partial charge in [-0.1, -0.05) is 0 Å². The van der Waals surface area contributed by atoms with Crippen molar-refractivity contribution in [3.8, 4) is 0 Å². The van der Waals surface area contributed by atoms with Gasteiger partial charge in [0, 0.05) is 58.4 Å². The number of carbonyl (C=O) groups excluding carboxylic acids is 3. The molecule has 1 N–H and O–H groups in total. The summed E-state index contributed by atoms with van der Waals surface area (Å²) < 4.78 is 10.5. The first kappa shape index (κ1) is 23.0. The molecule has 1 aromatic rings. The van der Waals surface area contributed by atoms with Crippen molar-refractivity contribution in [2.75, 3.05) is 50.8 Å². The van der Waals surface area contributed by atoms with Gasteiger partial charge in [0.1, 0.15) is 5.82 Å². The molecule has 3 rings (SSSR count). The quantitative estimate of drug-likeness (QED) is 0.588. The molecule has 0 bridgehead atoms. The molecule has 0 radical (unpaired) electrons. The van der Waals surface area contributed by atoms with Crippen LogP contribution in [0.3, 0.4) is 0 Å². The molecular formula is C22H32N4O5. The second-order valence-electron chi connectivity index (χ2n) is 7.75. The van der Waals surface area contributed by atoms with Crippen molar-refractivity contribution in [2.24, 2.45) is 0 Å². The van der Waals surface area contributed by atoms with E-state index in [9.17, 15) is 14.4 Å². The zero-order chi connectivity index (χ0) is 22.1. The van der Waals surface area contributed by atoms with Gasteiger partial charge in [0.15, 0.2) is 0 Å². The highest BCUT2D eigenvalue weighted by molar-refractivity contribution is 5.99. The maximum atomic E-state index is 12.7. The number of piperazine rings is 1. The largest absolute Gasteiger partial charge is 0.466 e. The number of hydrogen-bond donors (Lipinski definition) is 1. The van der Waals surface area contributed by atoms with Gasteiger partial charge in [-0.05, 0) is 38.3 Å². The third-order valence-corrected chi connectivity index (χ3v) is 5.55. The zero-order valence-corrected chi connectivity index (χ0v) is 18.2. The van der Waals surface area contributed by atoms with Crippen LogP contribution in [0, 0.1) is 0 Å². The molecule has 31 heavy (non-hydrogen) atoms. The van der Waals surface area contributed by atoms with E-state index in [0.717, 1.165) is 19.4 Å². The number of aromatic nitrogens is 1. The normalized spacial score (nSPS) is 18.7. The standard InChI is InChI=1S/C22H32N4O5/c1-2-30-20(28)9-3-8-19(27)25-11-13-26(14-12-25)21-18(7-4-10-23-21)22(29)24-16-17-6-5-15-31-17/h4,7,10,17H,2-3,5-6,8-9,11-16H2,1H3,(H,24,29). The Hall–Kier alpha value is -2.68. The summed E-state index contributed by atoms with van der Waals surface area (Å²) in [7, 11) is 0. The fourth-order valence-corrected chi connectivity index (χ4v) is 3.88. The van der Waals surface area contributed by atoms with Crippen molar-refractivity contribution < 1.29 is 23.9 Å². The van der Waals surface area contributed by atoms with Crippen LogP contribution in [0.5, 0.6) is 0 Å². The molecule has 0 aliphatic carbocycles. The molecule has 0 aromatic carbocycles. The summed E-state index contributed by atoms with van der Waals surface area (Å²) in [5.74, 6) is 0.262. The van der Waals surface area contributed by atoms with E-state index in [2.05, 4.69) is 10.3 Å². The van der Waals surface area contributed by atoms with Crippen LogP contribution in [-0.2, 0) is 19.1 Å². The van der Waals surface area contributed by atoms with Gasteiger partial charge in [0.2, 0.25) is 5.91 Å². The Morgan fingerprint density at radius 3 is 2.74 bits per heavy atom. The van der Waals surface area contributed by atoms with Crippen molar-refractivity contribution in [3.05, 3.63) is 23.9 Å². The highest BCUT2D eigenvalue weighted by Crippen LogP contribution is 2.20. The summed E-state index contributed by atoms with van der Waals surface area (Å²) >= 11 is 0. The predicted octanol–water partition coefficient (Wildman–Crippen LogP) is 1.37. The van der Waals surface area contributed by atoms with Gasteiger partial charge in [-0.25, -0.2) is 4.98 Å². The fraction of sp³-hybridized carbons (Fsp3) is 0.636. The highest BCUT2D eigenvalue weighted by Gasteiger charge is 2.25. The topological polar surface area (TPSA) is 101 Å². The Morgan fingerprint density at radius 2 is 2.03 bits per heavy atom. The number of nitrogens with zero attached hydrogens (tertiary/aromatic N) is 3. The van der Waals surface area contributed by atoms with Crippen LogP contribution in [0.2, 0.25) is 0 Å². The van der Waals surface area contributed by atoms with E-state index in [1.165, 1.54) is 0 Å². The number of rotatable bonds is 9. The molecule has 170 valence electrons. The van der Waals surface area contributed by atoms with Crippen molar-refractivity contribution in [2.45, 2.75) is 45.1 Å². The second-order valence-corrected chi connectivity index (χ2v) is 7.75. The maximum Gasteiger partial charge on any atom is 0.305 e. The molecule has 2 aliphatic heterocycles. The minimum Gasteiger partial charge on any atom is -0.466 e. The number of hydrogen-bond acceptors (Lipinski definition) is 7. The Morgan fingerprint density at radius 1 is 1.23 bits per heavy atom. The molecule has 2 aliphatic rings. The van der Waals surface area contributed by atoms with Crippen LogP contribution in [0.25, 0.3) is 0 Å². The number of anilines is 1. The smallest absolute Gasteiger partial charge is 0.305 e. The molecule has 2 fully saturated rings. The molecule has 1 atom stereocenters. The lowest BCUT2D eigenvalue weighted by atomic mass is 10.1. The SMILES string of the molecule is CCOC(=O)CCCC(=O)N1CCN(c2ncccc2C(=O)NCC2CCCO2)CC1. The Bertz CT molecular complexity index is 758. The average molecular weight is 433 g/mol. The third-order valence-electron chi connectivity index (χ3n) is 5.55. The summed E-state index contributed by atoms with van der Waals surface area (Å²) in [4.78, 5) is 44.9. The van der Waals surface area contributed by atoms with Crippen LogP contribution in [0.1, 0.15) is 49.4 Å². The van der Waals surface area contributed by atoms with Gasteiger partial charge >= 0.3 is 5.97 Å². The van der Waals surface area contributed by atoms with Crippen LogP contribution in [-0.4, -0.2) is 79.7 Å². The number of pyridine rings is 1. The van der Waals surface area contributed by atoms with E-state index >= 15 is 0 Å². The number of esters is 1. The molecular weight excluding hydrogens is 400 g/mol. The van der Waals surface area contributed by atoms with Gasteiger partial charge in [0.25, 0.3) is 5.91 Å². The summed E-state index contributed by atoms with van der Waals surface area (Å²) in [5, 5.41) is 2.96. The first-order chi connectivity index (χ1) is 15.1. The minimum absolute atomic E-state index is 0.0412. The Labute approximate surface area is 183 Å². The molecule has 9 heteroatoms.